The molecule has 0 N–H and O–H groups in total. The van der Waals surface area contributed by atoms with Crippen molar-refractivity contribution in [2.45, 2.75) is 0 Å². The van der Waals surface area contributed by atoms with Crippen molar-refractivity contribution in [1.29, 1.82) is 0 Å². The van der Waals surface area contributed by atoms with Crippen LogP contribution in [0.3, 0.4) is 0 Å². The maximum Gasteiger partial charge on any atom is 0.170 e. The average molecular weight is 214 g/mol. The minimum atomic E-state index is -0.304. The predicted octanol–water partition coefficient (Wildman–Crippen LogP) is 2.44. The summed E-state index contributed by atoms with van der Waals surface area (Å²) in [6.07, 6.45) is 2.28. The lowest BCUT2D eigenvalue weighted by atomic mass is 10.2. The summed E-state index contributed by atoms with van der Waals surface area (Å²) in [6.45, 7) is 0. The van der Waals surface area contributed by atoms with Crippen LogP contribution in [-0.4, -0.2) is 15.7 Å². The van der Waals surface area contributed by atoms with Crippen molar-refractivity contribution in [3.63, 3.8) is 0 Å². The Kier molecular flexibility index (Phi) is 1.77. The topological polar surface area (TPSA) is 34.4 Å². The molecule has 3 aromatic rings. The fourth-order valence-electron chi connectivity index (χ4n) is 1.81. The van der Waals surface area contributed by atoms with E-state index >= 15 is 0 Å². The number of hydrogen-bond donors (Lipinski definition) is 0. The predicted molar refractivity (Wildman–Crippen MR) is 58.0 cm³/mol. The van der Waals surface area contributed by atoms with E-state index in [1.54, 1.807) is 22.7 Å². The number of rotatable bonds is 1. The van der Waals surface area contributed by atoms with E-state index in [-0.39, 0.29) is 5.82 Å². The van der Waals surface area contributed by atoms with Gasteiger partial charge in [-0.25, -0.2) is 9.37 Å². The average Bonchev–Trinajstić information content (AvgIpc) is 2.72. The lowest BCUT2D eigenvalue weighted by Crippen LogP contribution is -1.87. The molecule has 0 saturated heterocycles. The number of benzene rings is 1. The molecule has 0 aliphatic carbocycles. The molecule has 2 heterocycles. The van der Waals surface area contributed by atoms with Crippen LogP contribution in [0.5, 0.6) is 0 Å². The highest BCUT2D eigenvalue weighted by Crippen LogP contribution is 2.18. The molecule has 3 nitrogen and oxygen atoms in total. The Hall–Kier alpha value is -2.23. The quantitative estimate of drug-likeness (QED) is 0.583. The first kappa shape index (κ1) is 9.03. The summed E-state index contributed by atoms with van der Waals surface area (Å²) in [4.78, 5) is 14.7. The van der Waals surface area contributed by atoms with Gasteiger partial charge >= 0.3 is 0 Å². The zero-order chi connectivity index (χ0) is 11.1. The number of aldehydes is 1. The van der Waals surface area contributed by atoms with Gasteiger partial charge in [-0.1, -0.05) is 0 Å². The smallest absolute Gasteiger partial charge is 0.170 e. The molecule has 0 bridgehead atoms. The molecule has 0 fully saturated rings. The molecule has 0 amide bonds. The van der Waals surface area contributed by atoms with Gasteiger partial charge in [0.05, 0.1) is 5.52 Å². The maximum atomic E-state index is 13.1. The first-order valence-corrected chi connectivity index (χ1v) is 4.80. The summed E-state index contributed by atoms with van der Waals surface area (Å²) < 4.78 is 14.9. The number of carbonyl (C=O) groups is 1. The van der Waals surface area contributed by atoms with Gasteiger partial charge in [0.15, 0.2) is 6.29 Å². The van der Waals surface area contributed by atoms with Crippen molar-refractivity contribution in [1.82, 2.24) is 9.38 Å². The number of fused-ring (bicyclic) bond motifs is 3. The van der Waals surface area contributed by atoms with E-state index in [0.717, 1.165) is 5.39 Å². The summed E-state index contributed by atoms with van der Waals surface area (Å²) in [7, 11) is 0. The van der Waals surface area contributed by atoms with Gasteiger partial charge in [-0.15, -0.1) is 0 Å². The summed E-state index contributed by atoms with van der Waals surface area (Å²) in [5.41, 5.74) is 1.69. The van der Waals surface area contributed by atoms with E-state index < -0.39 is 0 Å². The van der Waals surface area contributed by atoms with E-state index in [0.29, 0.717) is 23.1 Å². The molecule has 0 spiro atoms. The molecular weight excluding hydrogens is 207 g/mol. The lowest BCUT2D eigenvalue weighted by molar-refractivity contribution is 0.111. The molecule has 1 aromatic carbocycles. The monoisotopic (exact) mass is 214 g/mol. The number of imidazole rings is 1. The van der Waals surface area contributed by atoms with Crippen molar-refractivity contribution >= 4 is 22.8 Å². The van der Waals surface area contributed by atoms with E-state index in [2.05, 4.69) is 4.98 Å². The van der Waals surface area contributed by atoms with Gasteiger partial charge in [0.25, 0.3) is 0 Å². The van der Waals surface area contributed by atoms with Crippen molar-refractivity contribution in [3.8, 4) is 0 Å². The highest BCUT2D eigenvalue weighted by Gasteiger charge is 2.04. The van der Waals surface area contributed by atoms with Crippen LogP contribution in [0.1, 0.15) is 10.5 Å². The Bertz CT molecular complexity index is 703. The highest BCUT2D eigenvalue weighted by molar-refractivity contribution is 5.83. The Morgan fingerprint density at radius 1 is 1.25 bits per heavy atom. The summed E-state index contributed by atoms with van der Waals surface area (Å²) in [5.74, 6) is -0.304. The van der Waals surface area contributed by atoms with Gasteiger partial charge in [0.1, 0.15) is 17.2 Å². The highest BCUT2D eigenvalue weighted by atomic mass is 19.1. The molecule has 0 aliphatic heterocycles. The second-order valence-electron chi connectivity index (χ2n) is 3.55. The molecule has 0 aliphatic rings. The second-order valence-corrected chi connectivity index (χ2v) is 3.55. The zero-order valence-corrected chi connectivity index (χ0v) is 8.22. The second kappa shape index (κ2) is 3.13. The van der Waals surface area contributed by atoms with E-state index in [1.807, 2.05) is 6.07 Å². The molecule has 16 heavy (non-hydrogen) atoms. The molecule has 78 valence electrons. The first-order chi connectivity index (χ1) is 7.78. The van der Waals surface area contributed by atoms with Crippen LogP contribution in [0.4, 0.5) is 4.39 Å². The number of pyridine rings is 1. The van der Waals surface area contributed by atoms with E-state index in [1.165, 1.54) is 12.1 Å². The van der Waals surface area contributed by atoms with Gasteiger partial charge in [0, 0.05) is 6.20 Å². The standard InChI is InChI=1S/C12H7FN2O/c13-9-3-1-8-2-4-12-14-10(7-16)6-15(12)11(8)5-9/h1-7H. The molecule has 4 heteroatoms. The minimum Gasteiger partial charge on any atom is -0.299 e. The summed E-state index contributed by atoms with van der Waals surface area (Å²) >= 11 is 0. The van der Waals surface area contributed by atoms with Gasteiger partial charge in [-0.05, 0) is 35.7 Å². The Morgan fingerprint density at radius 3 is 2.88 bits per heavy atom. The largest absolute Gasteiger partial charge is 0.299 e. The third-order valence-corrected chi connectivity index (χ3v) is 2.54. The Morgan fingerprint density at radius 2 is 2.06 bits per heavy atom. The SMILES string of the molecule is O=Cc1cn2c(ccc3ccc(F)cc32)n1. The van der Waals surface area contributed by atoms with Gasteiger partial charge in [-0.2, -0.15) is 0 Å². The van der Waals surface area contributed by atoms with E-state index in [4.69, 9.17) is 0 Å². The number of aromatic nitrogens is 2. The zero-order valence-electron chi connectivity index (χ0n) is 8.22. The summed E-state index contributed by atoms with van der Waals surface area (Å²) in [6, 6.07) is 8.19. The number of nitrogens with zero attached hydrogens (tertiary/aromatic N) is 2. The fraction of sp³-hybridized carbons (Fsp3) is 0. The minimum absolute atomic E-state index is 0.304. The normalized spacial score (nSPS) is 11.1. The van der Waals surface area contributed by atoms with Gasteiger partial charge < -0.3 is 0 Å². The van der Waals surface area contributed by atoms with Crippen LogP contribution in [0.2, 0.25) is 0 Å². The molecule has 0 radical (unpaired) electrons. The van der Waals surface area contributed by atoms with Gasteiger partial charge in [0.2, 0.25) is 0 Å². The van der Waals surface area contributed by atoms with Crippen molar-refractivity contribution in [2.24, 2.45) is 0 Å². The first-order valence-electron chi connectivity index (χ1n) is 4.80. The number of carbonyl (C=O) groups excluding carboxylic acids is 1. The van der Waals surface area contributed by atoms with Crippen LogP contribution in [-0.2, 0) is 0 Å². The van der Waals surface area contributed by atoms with Crippen LogP contribution >= 0.6 is 0 Å². The molecule has 3 rings (SSSR count). The van der Waals surface area contributed by atoms with Crippen LogP contribution < -0.4 is 0 Å². The molecule has 0 atom stereocenters. The van der Waals surface area contributed by atoms with Crippen molar-refractivity contribution < 1.29 is 9.18 Å². The molecule has 0 saturated carbocycles. The van der Waals surface area contributed by atoms with Gasteiger partial charge in [-0.3, -0.25) is 9.20 Å². The van der Waals surface area contributed by atoms with Crippen molar-refractivity contribution in [3.05, 3.63) is 48.0 Å². The van der Waals surface area contributed by atoms with E-state index in [9.17, 15) is 9.18 Å². The number of hydrogen-bond acceptors (Lipinski definition) is 2. The molecular formula is C12H7FN2O. The third kappa shape index (κ3) is 1.20. The molecule has 0 unspecified atom stereocenters. The van der Waals surface area contributed by atoms with Crippen LogP contribution in [0.25, 0.3) is 16.6 Å². The Balaban J connectivity index is 2.50. The Labute approximate surface area is 90.1 Å². The van der Waals surface area contributed by atoms with Crippen LogP contribution in [0, 0.1) is 5.82 Å². The van der Waals surface area contributed by atoms with Crippen molar-refractivity contribution in [2.75, 3.05) is 0 Å². The van der Waals surface area contributed by atoms with Crippen LogP contribution in [0.15, 0.2) is 36.5 Å². The molecule has 2 aromatic heterocycles. The fourth-order valence-corrected chi connectivity index (χ4v) is 1.81. The lowest BCUT2D eigenvalue weighted by Gasteiger charge is -2.01. The number of halogens is 1. The summed E-state index contributed by atoms with van der Waals surface area (Å²) in [5, 5.41) is 0.906. The maximum absolute atomic E-state index is 13.1. The third-order valence-electron chi connectivity index (χ3n) is 2.54.